The molecule has 10 aromatic rings. The summed E-state index contributed by atoms with van der Waals surface area (Å²) in [7, 11) is 0. The molecule has 0 heterocycles. The van der Waals surface area contributed by atoms with Gasteiger partial charge < -0.3 is 10.2 Å². The molecular weight excluding hydrogens is 910 g/mol. The van der Waals surface area contributed by atoms with Crippen molar-refractivity contribution in [1.29, 1.82) is 0 Å². The smallest absolute Gasteiger partial charge is 0 e. The third-order valence-electron chi connectivity index (χ3n) is 13.1. The van der Waals surface area contributed by atoms with Crippen LogP contribution in [0.25, 0.3) is 87.6 Å². The molecule has 326 valence electrons. The van der Waals surface area contributed by atoms with Gasteiger partial charge in [0, 0.05) is 65.3 Å². The summed E-state index contributed by atoms with van der Waals surface area (Å²) in [6.45, 7) is 4.50. The molecule has 1 fully saturated rings. The summed E-state index contributed by atoms with van der Waals surface area (Å²) < 4.78 is 7.50. The first-order chi connectivity index (χ1) is 32.6. The van der Waals surface area contributed by atoms with Crippen LogP contribution in [0.3, 0.4) is 0 Å². The van der Waals surface area contributed by atoms with Gasteiger partial charge in [0.2, 0.25) is 0 Å². The van der Waals surface area contributed by atoms with Gasteiger partial charge in [-0.05, 0) is 90.3 Å². The Hall–Kier alpha value is -7.46. The molecule has 1 saturated carbocycles. The first kappa shape index (κ1) is 44.7. The molecule has 2 atom stereocenters. The minimum absolute atomic E-state index is 0. The van der Waals surface area contributed by atoms with Crippen molar-refractivity contribution in [2.75, 3.05) is 0 Å². The van der Waals surface area contributed by atoms with E-state index in [4.69, 9.17) is 14.6 Å². The molecule has 0 bridgehead atoms. The standard InChI is InChI=1S/C60H46N2O2.CO.Ru/c63-59-45(35-43-23-9-13-27-49(43)57(59)55-47-25-11-7-21-41(47)31-33-51(55)39-17-3-1-4-18-39)37-61-53-29-15-16-30-54(53)62-38-46-36-44-24-10-14-28-50(44)58(60(46)64)56-48-26-12-8-22-42(48)32-34-52(56)40-19-5-2-6-20-40;1-2;/h1-14,17-28,31-38,53-54,63-64H,15-16,29-30H2;;/t53-,54-;;/m1../s1. The number of fused-ring (bicyclic) bond motifs is 4. The predicted molar refractivity (Wildman–Crippen MR) is 273 cm³/mol. The van der Waals surface area contributed by atoms with Gasteiger partial charge in [0.05, 0.1) is 12.1 Å². The molecule has 0 spiro atoms. The van der Waals surface area contributed by atoms with Gasteiger partial charge in [0.25, 0.3) is 0 Å². The fourth-order valence-corrected chi connectivity index (χ4v) is 10.0. The van der Waals surface area contributed by atoms with Gasteiger partial charge in [-0.25, -0.2) is 0 Å². The SMILES string of the molecule is Oc1c(C=N[C@@H]2CCCC[C@H]2N=Cc2cc3ccccc3c(-c3c(-c4ccccc4)ccc4ccccc34)c2O)cc2ccccc2c1-c1c(-c2ccccc2)ccc2ccccc12.[C-]#[O+].[Ru]. The fraction of sp³-hybridized carbons (Fsp3) is 0.0984. The van der Waals surface area contributed by atoms with Crippen molar-refractivity contribution in [2.45, 2.75) is 37.8 Å². The van der Waals surface area contributed by atoms with Crippen molar-refractivity contribution in [3.05, 3.63) is 212 Å². The van der Waals surface area contributed by atoms with Crippen LogP contribution in [0.15, 0.2) is 204 Å². The van der Waals surface area contributed by atoms with Crippen LogP contribution >= 0.6 is 0 Å². The molecule has 0 unspecified atom stereocenters. The van der Waals surface area contributed by atoms with E-state index in [2.05, 4.69) is 164 Å². The average molecular weight is 956 g/mol. The molecule has 2 N–H and O–H groups in total. The predicted octanol–water partition coefficient (Wildman–Crippen LogP) is 15.2. The maximum atomic E-state index is 12.5. The summed E-state index contributed by atoms with van der Waals surface area (Å²) in [6, 6.07) is 66.9. The van der Waals surface area contributed by atoms with E-state index in [0.717, 1.165) is 113 Å². The van der Waals surface area contributed by atoms with Gasteiger partial charge in [-0.3, -0.25) is 9.98 Å². The van der Waals surface area contributed by atoms with E-state index in [-0.39, 0.29) is 43.1 Å². The van der Waals surface area contributed by atoms with Crippen LogP contribution in [-0.4, -0.2) is 34.7 Å². The maximum absolute atomic E-state index is 12.5. The number of benzene rings is 10. The van der Waals surface area contributed by atoms with E-state index < -0.39 is 0 Å². The summed E-state index contributed by atoms with van der Waals surface area (Å²) in [4.78, 5) is 10.5. The largest absolute Gasteiger partial charge is 0 e. The number of phenolic OH excluding ortho intramolecular Hbond substituents is 2. The summed E-state index contributed by atoms with van der Waals surface area (Å²) >= 11 is 0. The molecule has 11 rings (SSSR count). The minimum Gasteiger partial charge on any atom is 0 e. The quantitative estimate of drug-likeness (QED) is 0.0688. The number of phenols is 2. The van der Waals surface area contributed by atoms with Crippen LogP contribution in [0.5, 0.6) is 11.5 Å². The number of nitrogens with zero attached hydrogens (tertiary/aromatic N) is 2. The van der Waals surface area contributed by atoms with Crippen LogP contribution in [0.4, 0.5) is 0 Å². The third-order valence-corrected chi connectivity index (χ3v) is 13.1. The Labute approximate surface area is 403 Å². The molecule has 0 aliphatic heterocycles. The molecule has 0 aromatic heterocycles. The molecular formula is C61H46N2O3Ru. The first-order valence-electron chi connectivity index (χ1n) is 22.5. The zero-order chi connectivity index (χ0) is 45.0. The molecule has 1 aliphatic rings. The first-order valence-corrected chi connectivity index (χ1v) is 22.5. The summed E-state index contributed by atoms with van der Waals surface area (Å²) in [5.74, 6) is 0.424. The van der Waals surface area contributed by atoms with Crippen LogP contribution in [-0.2, 0) is 24.1 Å². The van der Waals surface area contributed by atoms with Crippen molar-refractivity contribution in [1.82, 2.24) is 0 Å². The molecule has 1 aliphatic carbocycles. The second-order valence-electron chi connectivity index (χ2n) is 16.9. The fourth-order valence-electron chi connectivity index (χ4n) is 10.0. The molecule has 0 amide bonds. The number of aliphatic imine (C=N–C) groups is 2. The zero-order valence-electron chi connectivity index (χ0n) is 36.7. The normalized spacial score (nSPS) is 14.9. The van der Waals surface area contributed by atoms with Gasteiger partial charge in [0.1, 0.15) is 11.5 Å². The van der Waals surface area contributed by atoms with Crippen LogP contribution in [0.1, 0.15) is 36.8 Å². The molecule has 5 nitrogen and oxygen atoms in total. The van der Waals surface area contributed by atoms with Crippen molar-refractivity contribution >= 4 is 55.5 Å². The number of aromatic hydroxyl groups is 2. The molecule has 67 heavy (non-hydrogen) atoms. The van der Waals surface area contributed by atoms with Crippen molar-refractivity contribution in [2.24, 2.45) is 9.98 Å². The van der Waals surface area contributed by atoms with E-state index in [0.29, 0.717) is 11.1 Å². The zero-order valence-corrected chi connectivity index (χ0v) is 38.4. The van der Waals surface area contributed by atoms with Gasteiger partial charge >= 0.3 is 11.3 Å². The summed E-state index contributed by atoms with van der Waals surface area (Å²) in [6.07, 6.45) is 7.60. The van der Waals surface area contributed by atoms with Gasteiger partial charge in [-0.15, -0.1) is 0 Å². The van der Waals surface area contributed by atoms with Gasteiger partial charge in [0.15, 0.2) is 0 Å². The average Bonchev–Trinajstić information content (AvgIpc) is 3.38. The van der Waals surface area contributed by atoms with Crippen LogP contribution in [0, 0.1) is 6.65 Å². The number of hydrogen-bond acceptors (Lipinski definition) is 4. The number of rotatable bonds is 8. The van der Waals surface area contributed by atoms with Crippen molar-refractivity contribution < 1.29 is 34.3 Å². The van der Waals surface area contributed by atoms with E-state index >= 15 is 0 Å². The van der Waals surface area contributed by atoms with E-state index in [1.807, 2.05) is 48.8 Å². The minimum atomic E-state index is -0.0958. The molecule has 6 heteroatoms. The Bertz CT molecular complexity index is 3260. The molecule has 0 saturated heterocycles. The van der Waals surface area contributed by atoms with Crippen LogP contribution < -0.4 is 0 Å². The van der Waals surface area contributed by atoms with Crippen molar-refractivity contribution in [3.8, 4) is 56.0 Å². The Morgan fingerprint density at radius 2 is 0.731 bits per heavy atom. The van der Waals surface area contributed by atoms with Gasteiger partial charge in [-0.2, -0.15) is 0 Å². The van der Waals surface area contributed by atoms with Crippen LogP contribution in [0.2, 0.25) is 0 Å². The topological polar surface area (TPSA) is 85.1 Å². The van der Waals surface area contributed by atoms with E-state index in [1.165, 1.54) is 0 Å². The Morgan fingerprint density at radius 1 is 0.403 bits per heavy atom. The molecule has 0 radical (unpaired) electrons. The van der Waals surface area contributed by atoms with Crippen molar-refractivity contribution in [3.63, 3.8) is 0 Å². The third kappa shape index (κ3) is 8.60. The Kier molecular flexibility index (Phi) is 13.3. The summed E-state index contributed by atoms with van der Waals surface area (Å²) in [5, 5.41) is 33.4. The Morgan fingerprint density at radius 3 is 1.12 bits per heavy atom. The number of hydrogen-bond donors (Lipinski definition) is 2. The Balaban J connectivity index is 0.00000185. The maximum Gasteiger partial charge on any atom is 0 e. The van der Waals surface area contributed by atoms with E-state index in [1.54, 1.807) is 0 Å². The monoisotopic (exact) mass is 956 g/mol. The summed E-state index contributed by atoms with van der Waals surface area (Å²) in [5.41, 5.74) is 9.27. The second kappa shape index (κ2) is 20.0. The molecule has 10 aromatic carbocycles. The second-order valence-corrected chi connectivity index (χ2v) is 16.9. The van der Waals surface area contributed by atoms with Gasteiger partial charge in [-0.1, -0.05) is 195 Å². The van der Waals surface area contributed by atoms with E-state index in [9.17, 15) is 10.2 Å².